The number of ether oxygens (including phenoxy) is 1. The van der Waals surface area contributed by atoms with Crippen LogP contribution < -0.4 is 10.1 Å². The fraction of sp³-hybridized carbons (Fsp3) is 0.588. The molecule has 0 atom stereocenters. The fourth-order valence-electron chi connectivity index (χ4n) is 2.85. The number of carbonyl (C=O) groups is 1. The van der Waals surface area contributed by atoms with Gasteiger partial charge < -0.3 is 10.1 Å². The third-order valence-corrected chi connectivity index (χ3v) is 4.29. The smallest absolute Gasteiger partial charge is 0.391 e. The lowest BCUT2D eigenvalue weighted by Crippen LogP contribution is -2.44. The van der Waals surface area contributed by atoms with Crippen LogP contribution in [0.5, 0.6) is 5.75 Å². The molecule has 0 spiro atoms. The molecule has 134 valence electrons. The van der Waals surface area contributed by atoms with E-state index in [9.17, 15) is 18.0 Å². The Hall–Kier alpha value is -1.76. The van der Waals surface area contributed by atoms with Crippen LogP contribution in [0, 0.1) is 5.92 Å². The zero-order valence-electron chi connectivity index (χ0n) is 13.7. The Morgan fingerprint density at radius 2 is 2.04 bits per heavy atom. The Balaban J connectivity index is 1.67. The second kappa shape index (κ2) is 8.37. The Morgan fingerprint density at radius 1 is 1.33 bits per heavy atom. The van der Waals surface area contributed by atoms with Gasteiger partial charge >= 0.3 is 6.18 Å². The Bertz CT molecular complexity index is 541. The van der Waals surface area contributed by atoms with Gasteiger partial charge in [0.05, 0.1) is 19.6 Å². The summed E-state index contributed by atoms with van der Waals surface area (Å²) < 4.78 is 43.0. The number of nitrogens with one attached hydrogen (secondary N) is 1. The van der Waals surface area contributed by atoms with Gasteiger partial charge in [-0.1, -0.05) is 12.1 Å². The Labute approximate surface area is 140 Å². The molecule has 7 heteroatoms. The summed E-state index contributed by atoms with van der Waals surface area (Å²) in [5.74, 6) is -0.611. The monoisotopic (exact) mass is 344 g/mol. The molecule has 0 aromatic heterocycles. The SMILES string of the molecule is COc1cccc(CCNC(=O)CN2CCC(C(F)(F)F)CC2)c1. The van der Waals surface area contributed by atoms with Crippen LogP contribution in [0.4, 0.5) is 13.2 Å². The second-order valence-electron chi connectivity index (χ2n) is 6.04. The summed E-state index contributed by atoms with van der Waals surface area (Å²) in [5.41, 5.74) is 1.06. The molecule has 4 nitrogen and oxygen atoms in total. The van der Waals surface area contributed by atoms with Gasteiger partial charge in [-0.2, -0.15) is 13.2 Å². The molecule has 2 rings (SSSR count). The van der Waals surface area contributed by atoms with Crippen LogP contribution in [-0.2, 0) is 11.2 Å². The van der Waals surface area contributed by atoms with E-state index in [-0.39, 0.29) is 25.3 Å². The van der Waals surface area contributed by atoms with Crippen LogP contribution in [-0.4, -0.2) is 50.3 Å². The predicted molar refractivity (Wildman–Crippen MR) is 84.9 cm³/mol. The first-order valence-electron chi connectivity index (χ1n) is 8.07. The first kappa shape index (κ1) is 18.6. The van der Waals surface area contributed by atoms with E-state index in [4.69, 9.17) is 4.74 Å². The minimum atomic E-state index is -4.12. The molecule has 1 aromatic carbocycles. The summed E-state index contributed by atoms with van der Waals surface area (Å²) in [7, 11) is 1.60. The van der Waals surface area contributed by atoms with Crippen molar-refractivity contribution in [3.63, 3.8) is 0 Å². The molecule has 0 unspecified atom stereocenters. The zero-order valence-corrected chi connectivity index (χ0v) is 13.7. The van der Waals surface area contributed by atoms with Gasteiger partial charge in [-0.05, 0) is 50.0 Å². The van der Waals surface area contributed by atoms with Gasteiger partial charge in [-0.25, -0.2) is 0 Å². The van der Waals surface area contributed by atoms with Gasteiger partial charge in [0.25, 0.3) is 0 Å². The van der Waals surface area contributed by atoms with Crippen molar-refractivity contribution >= 4 is 5.91 Å². The fourth-order valence-corrected chi connectivity index (χ4v) is 2.85. The maximum Gasteiger partial charge on any atom is 0.391 e. The van der Waals surface area contributed by atoms with E-state index >= 15 is 0 Å². The van der Waals surface area contributed by atoms with Crippen molar-refractivity contribution in [1.29, 1.82) is 0 Å². The highest BCUT2D eigenvalue weighted by atomic mass is 19.4. The van der Waals surface area contributed by atoms with Crippen LogP contribution in [0.15, 0.2) is 24.3 Å². The van der Waals surface area contributed by atoms with Crippen molar-refractivity contribution in [3.05, 3.63) is 29.8 Å². The lowest BCUT2D eigenvalue weighted by Gasteiger charge is -2.32. The highest BCUT2D eigenvalue weighted by Crippen LogP contribution is 2.33. The third kappa shape index (κ3) is 5.70. The molecule has 1 N–H and O–H groups in total. The molecule has 0 bridgehead atoms. The first-order chi connectivity index (χ1) is 11.4. The number of carbonyl (C=O) groups excluding carboxylic acids is 1. The number of likely N-dealkylation sites (tertiary alicyclic amines) is 1. The van der Waals surface area contributed by atoms with E-state index in [1.807, 2.05) is 24.3 Å². The minimum absolute atomic E-state index is 0.0700. The number of halogens is 3. The van der Waals surface area contributed by atoms with Gasteiger partial charge in [0.2, 0.25) is 5.91 Å². The number of benzene rings is 1. The number of hydrogen-bond acceptors (Lipinski definition) is 3. The molecule has 0 aliphatic carbocycles. The van der Waals surface area contributed by atoms with E-state index in [0.717, 1.165) is 11.3 Å². The van der Waals surface area contributed by atoms with Gasteiger partial charge in [-0.15, -0.1) is 0 Å². The summed E-state index contributed by atoms with van der Waals surface area (Å²) in [6, 6.07) is 7.61. The Morgan fingerprint density at radius 3 is 2.67 bits per heavy atom. The van der Waals surface area contributed by atoms with Crippen molar-refractivity contribution < 1.29 is 22.7 Å². The molecule has 1 aromatic rings. The van der Waals surface area contributed by atoms with Crippen molar-refractivity contribution in [2.75, 3.05) is 33.3 Å². The second-order valence-corrected chi connectivity index (χ2v) is 6.04. The molecule has 1 saturated heterocycles. The van der Waals surface area contributed by atoms with E-state index in [1.165, 1.54) is 0 Å². The highest BCUT2D eigenvalue weighted by Gasteiger charge is 2.41. The molecule has 1 aliphatic heterocycles. The van der Waals surface area contributed by atoms with Gasteiger partial charge in [0.15, 0.2) is 0 Å². The predicted octanol–water partition coefficient (Wildman–Crippen LogP) is 2.63. The van der Waals surface area contributed by atoms with Crippen LogP contribution >= 0.6 is 0 Å². The Kier molecular flexibility index (Phi) is 6.48. The molecule has 0 radical (unpaired) electrons. The quantitative estimate of drug-likeness (QED) is 0.863. The number of rotatable bonds is 6. The number of amides is 1. The number of hydrogen-bond donors (Lipinski definition) is 1. The van der Waals surface area contributed by atoms with Gasteiger partial charge in [0.1, 0.15) is 5.75 Å². The van der Waals surface area contributed by atoms with E-state index < -0.39 is 12.1 Å². The van der Waals surface area contributed by atoms with Crippen molar-refractivity contribution in [2.45, 2.75) is 25.4 Å². The molecule has 1 heterocycles. The molecule has 1 aliphatic rings. The van der Waals surface area contributed by atoms with Crippen molar-refractivity contribution in [3.8, 4) is 5.75 Å². The average Bonchev–Trinajstić information content (AvgIpc) is 2.54. The van der Waals surface area contributed by atoms with Gasteiger partial charge in [-0.3, -0.25) is 9.69 Å². The van der Waals surface area contributed by atoms with Crippen LogP contribution in [0.1, 0.15) is 18.4 Å². The molecule has 0 saturated carbocycles. The average molecular weight is 344 g/mol. The van der Waals surface area contributed by atoms with Gasteiger partial charge in [0, 0.05) is 6.54 Å². The van der Waals surface area contributed by atoms with Crippen LogP contribution in [0.2, 0.25) is 0 Å². The number of alkyl halides is 3. The maximum atomic E-state index is 12.6. The third-order valence-electron chi connectivity index (χ3n) is 4.29. The standard InChI is InChI=1S/C17H23F3N2O2/c1-24-15-4-2-3-13(11-15)5-8-21-16(23)12-22-9-6-14(7-10-22)17(18,19)20/h2-4,11,14H,5-10,12H2,1H3,(H,21,23). The van der Waals surface area contributed by atoms with E-state index in [1.54, 1.807) is 12.0 Å². The molecule has 24 heavy (non-hydrogen) atoms. The number of piperidine rings is 1. The van der Waals surface area contributed by atoms with E-state index in [2.05, 4.69) is 5.32 Å². The summed E-state index contributed by atoms with van der Waals surface area (Å²) in [6.45, 7) is 1.27. The largest absolute Gasteiger partial charge is 0.497 e. The first-order valence-corrected chi connectivity index (χ1v) is 8.07. The number of methoxy groups -OCH3 is 1. The normalized spacial score (nSPS) is 16.8. The molecular formula is C17H23F3N2O2. The lowest BCUT2D eigenvalue weighted by atomic mass is 9.96. The van der Waals surface area contributed by atoms with Crippen molar-refractivity contribution in [1.82, 2.24) is 10.2 Å². The van der Waals surface area contributed by atoms with E-state index in [0.29, 0.717) is 26.1 Å². The van der Waals surface area contributed by atoms with Crippen LogP contribution in [0.25, 0.3) is 0 Å². The highest BCUT2D eigenvalue weighted by molar-refractivity contribution is 5.78. The van der Waals surface area contributed by atoms with Crippen molar-refractivity contribution in [2.24, 2.45) is 5.92 Å². The molecule has 1 fully saturated rings. The summed E-state index contributed by atoms with van der Waals surface area (Å²) in [4.78, 5) is 13.7. The van der Waals surface area contributed by atoms with Crippen LogP contribution in [0.3, 0.4) is 0 Å². The molecule has 1 amide bonds. The maximum absolute atomic E-state index is 12.6. The lowest BCUT2D eigenvalue weighted by molar-refractivity contribution is -0.185. The molecular weight excluding hydrogens is 321 g/mol. The topological polar surface area (TPSA) is 41.6 Å². The number of nitrogens with zero attached hydrogens (tertiary/aromatic N) is 1. The summed E-state index contributed by atoms with van der Waals surface area (Å²) in [6.07, 6.45) is -3.30. The summed E-state index contributed by atoms with van der Waals surface area (Å²) >= 11 is 0. The zero-order chi connectivity index (χ0) is 17.6. The minimum Gasteiger partial charge on any atom is -0.497 e. The summed E-state index contributed by atoms with van der Waals surface area (Å²) in [5, 5.41) is 2.81.